The maximum atomic E-state index is 11.0. The molecule has 0 saturated carbocycles. The lowest BCUT2D eigenvalue weighted by molar-refractivity contribution is 0.211. The molecule has 1 heterocycles. The topological polar surface area (TPSA) is 72.1 Å². The van der Waals surface area contributed by atoms with Gasteiger partial charge in [0, 0.05) is 17.1 Å². The maximum Gasteiger partial charge on any atom is 0.264 e. The zero-order valence-corrected chi connectivity index (χ0v) is 11.5. The molecule has 1 unspecified atom stereocenters. The molecule has 0 aliphatic carbocycles. The Morgan fingerprint density at radius 1 is 1.42 bits per heavy atom. The van der Waals surface area contributed by atoms with E-state index in [1.807, 2.05) is 22.9 Å². The molecule has 1 aromatic carbocycles. The zero-order chi connectivity index (χ0) is 14.0. The highest BCUT2D eigenvalue weighted by molar-refractivity contribution is 7.86. The quantitative estimate of drug-likeness (QED) is 0.800. The van der Waals surface area contributed by atoms with E-state index in [1.54, 1.807) is 19.1 Å². The number of nitriles is 1. The normalized spacial score (nSPS) is 13.3. The van der Waals surface area contributed by atoms with Crippen molar-refractivity contribution in [3.63, 3.8) is 0 Å². The van der Waals surface area contributed by atoms with E-state index in [1.165, 1.54) is 0 Å². The average molecular weight is 278 g/mol. The summed E-state index contributed by atoms with van der Waals surface area (Å²) in [5.41, 5.74) is 1.55. The van der Waals surface area contributed by atoms with E-state index >= 15 is 0 Å². The molecule has 0 saturated heterocycles. The summed E-state index contributed by atoms with van der Waals surface area (Å²) < 4.78 is 28.9. The third-order valence-electron chi connectivity index (χ3n) is 2.69. The van der Waals surface area contributed by atoms with E-state index < -0.39 is 16.2 Å². The predicted molar refractivity (Wildman–Crippen MR) is 72.0 cm³/mol. The second-order valence-electron chi connectivity index (χ2n) is 4.46. The molecule has 6 heteroatoms. The molecule has 19 heavy (non-hydrogen) atoms. The van der Waals surface area contributed by atoms with Crippen LogP contribution in [0.25, 0.3) is 10.9 Å². The van der Waals surface area contributed by atoms with Gasteiger partial charge < -0.3 is 4.57 Å². The van der Waals surface area contributed by atoms with Crippen molar-refractivity contribution in [1.82, 2.24) is 4.57 Å². The molecular weight excluding hydrogens is 264 g/mol. The minimum absolute atomic E-state index is 0.433. The number of rotatable bonds is 4. The van der Waals surface area contributed by atoms with Gasteiger partial charge in [0.2, 0.25) is 0 Å². The summed E-state index contributed by atoms with van der Waals surface area (Å²) >= 11 is 0. The van der Waals surface area contributed by atoms with E-state index in [9.17, 15) is 8.42 Å². The van der Waals surface area contributed by atoms with Crippen LogP contribution in [-0.2, 0) is 20.8 Å². The number of hydrogen-bond donors (Lipinski definition) is 0. The van der Waals surface area contributed by atoms with Gasteiger partial charge in [-0.2, -0.15) is 13.7 Å². The first kappa shape index (κ1) is 13.6. The highest BCUT2D eigenvalue weighted by atomic mass is 32.2. The highest BCUT2D eigenvalue weighted by Gasteiger charge is 2.12. The number of hydrogen-bond acceptors (Lipinski definition) is 4. The van der Waals surface area contributed by atoms with Gasteiger partial charge in [-0.1, -0.05) is 0 Å². The van der Waals surface area contributed by atoms with Gasteiger partial charge in [0.05, 0.1) is 30.5 Å². The lowest BCUT2D eigenvalue weighted by atomic mass is 10.2. The molecule has 0 amide bonds. The van der Waals surface area contributed by atoms with Crippen molar-refractivity contribution in [3.8, 4) is 6.07 Å². The fourth-order valence-corrected chi connectivity index (χ4v) is 2.69. The largest absolute Gasteiger partial charge is 0.345 e. The monoisotopic (exact) mass is 278 g/mol. The SMILES string of the molecule is CC(Cn1ccc2cc(C#N)ccc21)OS(C)(=O)=O. The number of fused-ring (bicyclic) bond motifs is 1. The van der Waals surface area contributed by atoms with Crippen LogP contribution in [0.1, 0.15) is 12.5 Å². The third kappa shape index (κ3) is 3.34. The molecule has 0 aliphatic heterocycles. The molecule has 0 aliphatic rings. The summed E-state index contributed by atoms with van der Waals surface area (Å²) in [5.74, 6) is 0. The smallest absolute Gasteiger partial charge is 0.264 e. The molecular formula is C13H14N2O3S. The molecule has 5 nitrogen and oxygen atoms in total. The number of aromatic nitrogens is 1. The van der Waals surface area contributed by atoms with Crippen LogP contribution in [0, 0.1) is 11.3 Å². The Hall–Kier alpha value is -1.84. The van der Waals surface area contributed by atoms with E-state index in [0.29, 0.717) is 12.1 Å². The molecule has 0 fully saturated rings. The highest BCUT2D eigenvalue weighted by Crippen LogP contribution is 2.18. The Morgan fingerprint density at radius 3 is 2.79 bits per heavy atom. The van der Waals surface area contributed by atoms with E-state index in [-0.39, 0.29) is 0 Å². The van der Waals surface area contributed by atoms with Gasteiger partial charge in [-0.25, -0.2) is 0 Å². The van der Waals surface area contributed by atoms with Crippen LogP contribution in [-0.4, -0.2) is 25.3 Å². The van der Waals surface area contributed by atoms with Gasteiger partial charge in [0.15, 0.2) is 0 Å². The molecule has 0 N–H and O–H groups in total. The van der Waals surface area contributed by atoms with Gasteiger partial charge in [-0.3, -0.25) is 4.18 Å². The van der Waals surface area contributed by atoms with E-state index in [4.69, 9.17) is 9.44 Å². The second-order valence-corrected chi connectivity index (χ2v) is 6.07. The van der Waals surface area contributed by atoms with Crippen LogP contribution >= 0.6 is 0 Å². The molecule has 0 spiro atoms. The predicted octanol–water partition coefficient (Wildman–Crippen LogP) is 1.88. The van der Waals surface area contributed by atoms with Crippen LogP contribution in [0.3, 0.4) is 0 Å². The molecule has 0 bridgehead atoms. The van der Waals surface area contributed by atoms with Gasteiger partial charge in [0.1, 0.15) is 0 Å². The lowest BCUT2D eigenvalue weighted by Gasteiger charge is -2.13. The zero-order valence-electron chi connectivity index (χ0n) is 10.7. The van der Waals surface area contributed by atoms with Crippen molar-refractivity contribution >= 4 is 21.0 Å². The van der Waals surface area contributed by atoms with E-state index in [2.05, 4.69) is 6.07 Å². The van der Waals surface area contributed by atoms with Gasteiger partial charge in [0.25, 0.3) is 10.1 Å². The Bertz CT molecular complexity index is 741. The van der Waals surface area contributed by atoms with Crippen LogP contribution in [0.4, 0.5) is 0 Å². The molecule has 0 radical (unpaired) electrons. The van der Waals surface area contributed by atoms with Crippen LogP contribution < -0.4 is 0 Å². The molecule has 1 aromatic heterocycles. The first-order valence-electron chi connectivity index (χ1n) is 5.76. The van der Waals surface area contributed by atoms with Crippen molar-refractivity contribution in [2.45, 2.75) is 19.6 Å². The summed E-state index contributed by atoms with van der Waals surface area (Å²) in [6.07, 6.45) is 2.45. The van der Waals surface area contributed by atoms with Gasteiger partial charge in [-0.15, -0.1) is 0 Å². The molecule has 2 aromatic rings. The van der Waals surface area contributed by atoms with Crippen LogP contribution in [0.2, 0.25) is 0 Å². The van der Waals surface area contributed by atoms with E-state index in [0.717, 1.165) is 17.2 Å². The standard InChI is InChI=1S/C13H14N2O3S/c1-10(18-19(2,16)17)9-15-6-5-12-7-11(8-14)3-4-13(12)15/h3-7,10H,9H2,1-2H3. The molecule has 2 rings (SSSR count). The lowest BCUT2D eigenvalue weighted by Crippen LogP contribution is -2.19. The average Bonchev–Trinajstić information content (AvgIpc) is 2.69. The Labute approximate surface area is 112 Å². The summed E-state index contributed by atoms with van der Waals surface area (Å²) in [5, 5.41) is 9.78. The first-order chi connectivity index (χ1) is 8.89. The number of nitrogens with zero attached hydrogens (tertiary/aromatic N) is 2. The minimum Gasteiger partial charge on any atom is -0.345 e. The van der Waals surface area contributed by atoms with Crippen molar-refractivity contribution in [2.75, 3.05) is 6.26 Å². The Balaban J connectivity index is 2.25. The maximum absolute atomic E-state index is 11.0. The van der Waals surface area contributed by atoms with Crippen LogP contribution in [0.5, 0.6) is 0 Å². The van der Waals surface area contributed by atoms with Crippen LogP contribution in [0.15, 0.2) is 30.5 Å². The first-order valence-corrected chi connectivity index (χ1v) is 7.58. The van der Waals surface area contributed by atoms with Gasteiger partial charge in [-0.05, 0) is 31.2 Å². The fourth-order valence-electron chi connectivity index (χ4n) is 2.03. The fraction of sp³-hybridized carbons (Fsp3) is 0.308. The van der Waals surface area contributed by atoms with Crippen molar-refractivity contribution in [2.24, 2.45) is 0 Å². The second kappa shape index (κ2) is 5.03. The van der Waals surface area contributed by atoms with Crippen molar-refractivity contribution < 1.29 is 12.6 Å². The molecule has 1 atom stereocenters. The summed E-state index contributed by atoms with van der Waals surface area (Å²) in [4.78, 5) is 0. The summed E-state index contributed by atoms with van der Waals surface area (Å²) in [6.45, 7) is 2.14. The third-order valence-corrected chi connectivity index (χ3v) is 3.37. The van der Waals surface area contributed by atoms with Crippen molar-refractivity contribution in [3.05, 3.63) is 36.0 Å². The Morgan fingerprint density at radius 2 is 2.16 bits per heavy atom. The molecule has 100 valence electrons. The minimum atomic E-state index is -3.45. The Kier molecular flexibility index (Phi) is 3.60. The van der Waals surface area contributed by atoms with Gasteiger partial charge >= 0.3 is 0 Å². The number of benzene rings is 1. The van der Waals surface area contributed by atoms with Crippen molar-refractivity contribution in [1.29, 1.82) is 5.26 Å². The summed E-state index contributed by atoms with van der Waals surface area (Å²) in [6, 6.07) is 9.36. The summed E-state index contributed by atoms with van der Waals surface area (Å²) in [7, 11) is -3.45.